The first kappa shape index (κ1) is 17.8. The van der Waals surface area contributed by atoms with E-state index < -0.39 is 6.04 Å². The van der Waals surface area contributed by atoms with Crippen LogP contribution in [-0.4, -0.2) is 40.1 Å². The lowest BCUT2D eigenvalue weighted by atomic mass is 10.0. The number of Topliss-reactive ketones (excluding diaryl/α,β-unsaturated/α-hetero) is 1. The van der Waals surface area contributed by atoms with Gasteiger partial charge >= 0.3 is 0 Å². The number of hydrogen-bond acceptors (Lipinski definition) is 4. The predicted octanol–water partition coefficient (Wildman–Crippen LogP) is 3.06. The van der Waals surface area contributed by atoms with Crippen LogP contribution in [0.25, 0.3) is 10.9 Å². The number of aromatic amines is 1. The van der Waals surface area contributed by atoms with Crippen LogP contribution in [0.5, 0.6) is 0 Å². The zero-order valence-corrected chi connectivity index (χ0v) is 16.1. The molecule has 1 atom stereocenters. The zero-order valence-electron chi connectivity index (χ0n) is 16.1. The first-order chi connectivity index (χ1) is 14.0. The molecule has 2 aliphatic rings. The van der Waals surface area contributed by atoms with Crippen LogP contribution in [0.2, 0.25) is 0 Å². The fourth-order valence-corrected chi connectivity index (χ4v) is 4.47. The number of fused-ring (bicyclic) bond motifs is 3. The van der Waals surface area contributed by atoms with Gasteiger partial charge in [-0.1, -0.05) is 18.2 Å². The molecule has 6 heteroatoms. The summed E-state index contributed by atoms with van der Waals surface area (Å²) in [4.78, 5) is 44.1. The second-order valence-electron chi connectivity index (χ2n) is 7.74. The molecule has 1 fully saturated rings. The van der Waals surface area contributed by atoms with Crippen molar-refractivity contribution in [3.05, 3.63) is 65.4 Å². The van der Waals surface area contributed by atoms with Crippen molar-refractivity contribution in [3.8, 4) is 0 Å². The highest BCUT2D eigenvalue weighted by molar-refractivity contribution is 6.22. The van der Waals surface area contributed by atoms with E-state index in [-0.39, 0.29) is 24.0 Å². The summed E-state index contributed by atoms with van der Waals surface area (Å²) < 4.78 is 0. The van der Waals surface area contributed by atoms with Crippen molar-refractivity contribution in [1.29, 1.82) is 0 Å². The molecule has 3 heterocycles. The Labute approximate surface area is 168 Å². The molecule has 0 spiro atoms. The number of carbonyl (C=O) groups is 3. The van der Waals surface area contributed by atoms with E-state index in [1.165, 1.54) is 28.5 Å². The molecule has 1 aromatic heterocycles. The van der Waals surface area contributed by atoms with Crippen LogP contribution in [0.3, 0.4) is 0 Å². The normalized spacial score (nSPS) is 19.8. The summed E-state index contributed by atoms with van der Waals surface area (Å²) in [5.41, 5.74) is 4.64. The molecule has 2 amide bonds. The van der Waals surface area contributed by atoms with Gasteiger partial charge in [0.1, 0.15) is 0 Å². The highest BCUT2D eigenvalue weighted by Crippen LogP contribution is 2.32. The lowest BCUT2D eigenvalue weighted by Crippen LogP contribution is -2.44. The number of nitrogens with zero attached hydrogens (tertiary/aromatic N) is 2. The monoisotopic (exact) mass is 387 g/mol. The molecule has 5 rings (SSSR count). The van der Waals surface area contributed by atoms with Crippen LogP contribution in [0, 0.1) is 0 Å². The minimum Gasteiger partial charge on any atom is -0.358 e. The van der Waals surface area contributed by atoms with Crippen LogP contribution in [0.15, 0.2) is 48.5 Å². The standard InChI is InChI=1S/C23H21N3O3/c1-14(27)15-6-8-16(9-7-15)26-22(28)12-21(23(26)29)25-11-10-20-18(13-25)17-4-2-3-5-19(17)24-20/h2-9,21,24H,10-13H2,1H3/t21-/m1/s1. The number of nitrogens with one attached hydrogen (secondary N) is 1. The maximum atomic E-state index is 13.1. The molecule has 0 unspecified atom stereocenters. The maximum absolute atomic E-state index is 13.1. The summed E-state index contributed by atoms with van der Waals surface area (Å²) in [6.07, 6.45) is 1.01. The lowest BCUT2D eigenvalue weighted by molar-refractivity contribution is -0.123. The smallest absolute Gasteiger partial charge is 0.251 e. The van der Waals surface area contributed by atoms with Gasteiger partial charge in [0.05, 0.1) is 18.2 Å². The molecule has 0 aliphatic carbocycles. The Morgan fingerprint density at radius 1 is 1.07 bits per heavy atom. The minimum atomic E-state index is -0.447. The Hall–Kier alpha value is -3.25. The molecule has 29 heavy (non-hydrogen) atoms. The van der Waals surface area contributed by atoms with Crippen molar-refractivity contribution in [2.45, 2.75) is 32.4 Å². The van der Waals surface area contributed by atoms with Crippen molar-refractivity contribution < 1.29 is 14.4 Å². The van der Waals surface area contributed by atoms with Gasteiger partial charge in [-0.2, -0.15) is 0 Å². The second-order valence-corrected chi connectivity index (χ2v) is 7.74. The van der Waals surface area contributed by atoms with Gasteiger partial charge in [-0.15, -0.1) is 0 Å². The number of carbonyl (C=O) groups excluding carboxylic acids is 3. The molecule has 0 radical (unpaired) electrons. The summed E-state index contributed by atoms with van der Waals surface area (Å²) in [6.45, 7) is 2.88. The summed E-state index contributed by atoms with van der Waals surface area (Å²) in [6, 6.07) is 14.4. The van der Waals surface area contributed by atoms with E-state index >= 15 is 0 Å². The molecule has 1 N–H and O–H groups in total. The third kappa shape index (κ3) is 2.87. The number of hydrogen-bond donors (Lipinski definition) is 1. The van der Waals surface area contributed by atoms with Crippen molar-refractivity contribution in [3.63, 3.8) is 0 Å². The number of H-pyrrole nitrogens is 1. The fraction of sp³-hybridized carbons (Fsp3) is 0.261. The Morgan fingerprint density at radius 2 is 1.83 bits per heavy atom. The van der Waals surface area contributed by atoms with E-state index in [2.05, 4.69) is 22.0 Å². The van der Waals surface area contributed by atoms with Gasteiger partial charge in [-0.25, -0.2) is 4.90 Å². The van der Waals surface area contributed by atoms with Crippen molar-refractivity contribution in [2.75, 3.05) is 11.4 Å². The van der Waals surface area contributed by atoms with Gasteiger partial charge in [0, 0.05) is 41.7 Å². The number of ketones is 1. The average Bonchev–Trinajstić information content (AvgIpc) is 3.24. The van der Waals surface area contributed by atoms with Crippen LogP contribution < -0.4 is 4.90 Å². The predicted molar refractivity (Wildman–Crippen MR) is 110 cm³/mol. The Morgan fingerprint density at radius 3 is 2.59 bits per heavy atom. The van der Waals surface area contributed by atoms with Crippen LogP contribution in [-0.2, 0) is 22.6 Å². The molecule has 6 nitrogen and oxygen atoms in total. The van der Waals surface area contributed by atoms with Crippen molar-refractivity contribution >= 4 is 34.2 Å². The fourth-order valence-electron chi connectivity index (χ4n) is 4.47. The molecular weight excluding hydrogens is 366 g/mol. The SMILES string of the molecule is CC(=O)c1ccc(N2C(=O)C[C@@H](N3CCc4[nH]c5ccccc5c4C3)C2=O)cc1. The van der Waals surface area contributed by atoms with Crippen LogP contribution in [0.4, 0.5) is 5.69 Å². The third-order valence-corrected chi connectivity index (χ3v) is 6.01. The number of aromatic nitrogens is 1. The minimum absolute atomic E-state index is 0.0450. The lowest BCUT2D eigenvalue weighted by Gasteiger charge is -2.31. The van der Waals surface area contributed by atoms with Gasteiger partial charge in [0.15, 0.2) is 5.78 Å². The molecule has 3 aromatic rings. The van der Waals surface area contributed by atoms with Gasteiger partial charge in [0.2, 0.25) is 5.91 Å². The van der Waals surface area contributed by atoms with Crippen molar-refractivity contribution in [2.24, 2.45) is 0 Å². The summed E-state index contributed by atoms with van der Waals surface area (Å²) in [5.74, 6) is -0.425. The highest BCUT2D eigenvalue weighted by atomic mass is 16.2. The third-order valence-electron chi connectivity index (χ3n) is 6.01. The Balaban J connectivity index is 1.41. The van der Waals surface area contributed by atoms with E-state index in [1.807, 2.05) is 12.1 Å². The van der Waals surface area contributed by atoms with E-state index in [0.717, 1.165) is 18.5 Å². The van der Waals surface area contributed by atoms with E-state index in [4.69, 9.17) is 0 Å². The van der Waals surface area contributed by atoms with Crippen LogP contribution in [0.1, 0.15) is 35.0 Å². The quantitative estimate of drug-likeness (QED) is 0.554. The molecule has 2 aliphatic heterocycles. The molecule has 0 saturated carbocycles. The number of imide groups is 1. The number of benzene rings is 2. The number of para-hydroxylation sites is 1. The van der Waals surface area contributed by atoms with E-state index in [0.29, 0.717) is 17.8 Å². The first-order valence-corrected chi connectivity index (χ1v) is 9.83. The Bertz CT molecular complexity index is 1150. The summed E-state index contributed by atoms with van der Waals surface area (Å²) in [7, 11) is 0. The zero-order chi connectivity index (χ0) is 20.1. The summed E-state index contributed by atoms with van der Waals surface area (Å²) >= 11 is 0. The summed E-state index contributed by atoms with van der Waals surface area (Å²) in [5, 5.41) is 1.18. The molecule has 1 saturated heterocycles. The Kier molecular flexibility index (Phi) is 4.10. The first-order valence-electron chi connectivity index (χ1n) is 9.83. The van der Waals surface area contributed by atoms with Gasteiger partial charge < -0.3 is 4.98 Å². The average molecular weight is 387 g/mol. The largest absolute Gasteiger partial charge is 0.358 e. The molecule has 2 aromatic carbocycles. The van der Waals surface area contributed by atoms with Gasteiger partial charge in [0.25, 0.3) is 5.91 Å². The van der Waals surface area contributed by atoms with E-state index in [1.54, 1.807) is 24.3 Å². The maximum Gasteiger partial charge on any atom is 0.251 e. The van der Waals surface area contributed by atoms with Crippen molar-refractivity contribution in [1.82, 2.24) is 9.88 Å². The number of anilines is 1. The second kappa shape index (κ2) is 6.67. The van der Waals surface area contributed by atoms with Gasteiger partial charge in [-0.3, -0.25) is 19.3 Å². The highest BCUT2D eigenvalue weighted by Gasteiger charge is 2.43. The molecule has 0 bridgehead atoms. The topological polar surface area (TPSA) is 73.5 Å². The van der Waals surface area contributed by atoms with E-state index in [9.17, 15) is 14.4 Å². The van der Waals surface area contributed by atoms with Gasteiger partial charge in [-0.05, 0) is 42.8 Å². The number of rotatable bonds is 3. The molecular formula is C23H21N3O3. The molecule has 146 valence electrons. The number of amides is 2. The van der Waals surface area contributed by atoms with Crippen LogP contribution >= 0.6 is 0 Å².